The van der Waals surface area contributed by atoms with Gasteiger partial charge in [-0.2, -0.15) is 0 Å². The number of methoxy groups -OCH3 is 1. The van der Waals surface area contributed by atoms with Gasteiger partial charge in [-0.25, -0.2) is 0 Å². The third kappa shape index (κ3) is 3.87. The van der Waals surface area contributed by atoms with Gasteiger partial charge in [0.05, 0.1) is 7.11 Å². The van der Waals surface area contributed by atoms with Crippen molar-refractivity contribution in [1.29, 1.82) is 0 Å². The molecule has 1 saturated heterocycles. The molecule has 1 aliphatic rings. The van der Waals surface area contributed by atoms with E-state index >= 15 is 0 Å². The lowest BCUT2D eigenvalue weighted by Gasteiger charge is -2.36. The summed E-state index contributed by atoms with van der Waals surface area (Å²) in [7, 11) is 3.57. The molecule has 0 aliphatic carbocycles. The van der Waals surface area contributed by atoms with Gasteiger partial charge in [-0.15, -0.1) is 0 Å². The summed E-state index contributed by atoms with van der Waals surface area (Å²) in [5.74, 6) is 0.116. The number of benzene rings is 1. The summed E-state index contributed by atoms with van der Waals surface area (Å²) in [5, 5.41) is 8.99. The van der Waals surface area contributed by atoms with Crippen LogP contribution in [-0.4, -0.2) is 55.4 Å². The summed E-state index contributed by atoms with van der Waals surface area (Å²) >= 11 is 3.39. The molecule has 21 heavy (non-hydrogen) atoms. The van der Waals surface area contributed by atoms with Crippen LogP contribution in [-0.2, 0) is 11.2 Å². The average molecular weight is 359 g/mol. The second-order valence-electron chi connectivity index (χ2n) is 5.21. The van der Waals surface area contributed by atoms with E-state index in [-0.39, 0.29) is 12.5 Å². The summed E-state index contributed by atoms with van der Waals surface area (Å²) in [5.41, 5.74) is 6.37. The van der Waals surface area contributed by atoms with Crippen molar-refractivity contribution < 1.29 is 19.4 Å². The fourth-order valence-electron chi connectivity index (χ4n) is 2.27. The first kappa shape index (κ1) is 16.1. The van der Waals surface area contributed by atoms with Gasteiger partial charge < -0.3 is 20.3 Å². The first-order chi connectivity index (χ1) is 9.90. The highest BCUT2D eigenvalue weighted by molar-refractivity contribution is 9.10. The minimum Gasteiger partial charge on any atom is -0.493 e. The van der Waals surface area contributed by atoms with Crippen LogP contribution in [0.3, 0.4) is 0 Å². The first-order valence-electron chi connectivity index (χ1n) is 6.60. The van der Waals surface area contributed by atoms with E-state index in [1.165, 1.54) is 0 Å². The van der Waals surface area contributed by atoms with Crippen LogP contribution in [0.25, 0.3) is 0 Å². The molecule has 0 spiro atoms. The van der Waals surface area contributed by atoms with Crippen molar-refractivity contribution in [2.24, 2.45) is 5.73 Å². The molecule has 0 aromatic heterocycles. The lowest BCUT2D eigenvalue weighted by molar-refractivity contribution is -0.138. The molecule has 1 atom stereocenters. The molecule has 1 aromatic rings. The van der Waals surface area contributed by atoms with E-state index in [9.17, 15) is 4.79 Å². The molecule has 3 N–H and O–H groups in total. The Morgan fingerprint density at radius 2 is 2.24 bits per heavy atom. The highest BCUT2D eigenvalue weighted by Gasteiger charge is 2.28. The lowest BCUT2D eigenvalue weighted by atomic mass is 10.0. The van der Waals surface area contributed by atoms with Gasteiger partial charge in [-0.05, 0) is 19.2 Å². The quantitative estimate of drug-likeness (QED) is 0.792. The van der Waals surface area contributed by atoms with Crippen molar-refractivity contribution in [3.8, 4) is 11.5 Å². The van der Waals surface area contributed by atoms with Gasteiger partial charge >= 0.3 is 5.97 Å². The molecule has 1 unspecified atom stereocenters. The number of halogens is 1. The molecule has 6 nitrogen and oxygen atoms in total. The number of nitrogens with zero attached hydrogens (tertiary/aromatic N) is 1. The summed E-state index contributed by atoms with van der Waals surface area (Å²) < 4.78 is 12.1. The van der Waals surface area contributed by atoms with Crippen molar-refractivity contribution in [1.82, 2.24) is 4.90 Å². The fraction of sp³-hybridized carbons (Fsp3) is 0.500. The fourth-order valence-corrected chi connectivity index (χ4v) is 2.75. The van der Waals surface area contributed by atoms with Crippen molar-refractivity contribution in [2.45, 2.75) is 18.6 Å². The standard InChI is InChI=1S/C14H19BrN2O4/c1-17-6-10(7-17)21-13-8(4-11(16)14(18)19)3-9(15)5-12(13)20-2/h3,5,10-11H,4,6-7,16H2,1-2H3,(H,18,19). The summed E-state index contributed by atoms with van der Waals surface area (Å²) in [4.78, 5) is 13.1. The predicted octanol–water partition coefficient (Wildman–Crippen LogP) is 1.10. The molecule has 116 valence electrons. The third-order valence-electron chi connectivity index (χ3n) is 3.39. The largest absolute Gasteiger partial charge is 0.493 e. The van der Waals surface area contributed by atoms with Crippen LogP contribution >= 0.6 is 15.9 Å². The Labute approximate surface area is 131 Å². The number of aliphatic carboxylic acids is 1. The number of hydrogen-bond acceptors (Lipinski definition) is 5. The van der Waals surface area contributed by atoms with E-state index in [1.807, 2.05) is 13.1 Å². The van der Waals surface area contributed by atoms with Gasteiger partial charge in [0.2, 0.25) is 0 Å². The second kappa shape index (κ2) is 6.64. The van der Waals surface area contributed by atoms with Crippen LogP contribution < -0.4 is 15.2 Å². The molecular formula is C14H19BrN2O4. The van der Waals surface area contributed by atoms with E-state index in [0.717, 1.165) is 23.1 Å². The molecule has 1 aromatic carbocycles. The number of carboxylic acid groups (broad SMARTS) is 1. The zero-order valence-corrected chi connectivity index (χ0v) is 13.6. The van der Waals surface area contributed by atoms with Crippen LogP contribution in [0.15, 0.2) is 16.6 Å². The van der Waals surface area contributed by atoms with Gasteiger partial charge in [-0.1, -0.05) is 15.9 Å². The Hall–Kier alpha value is -1.31. The number of hydrogen-bond donors (Lipinski definition) is 2. The van der Waals surface area contributed by atoms with Crippen LogP contribution in [0, 0.1) is 0 Å². The highest BCUT2D eigenvalue weighted by Crippen LogP contribution is 2.37. The minimum atomic E-state index is -1.04. The molecule has 2 rings (SSSR count). The van der Waals surface area contributed by atoms with Crippen LogP contribution in [0.4, 0.5) is 0 Å². The summed E-state index contributed by atoms with van der Waals surface area (Å²) in [6.45, 7) is 1.67. The Balaban J connectivity index is 2.27. The van der Waals surface area contributed by atoms with Crippen molar-refractivity contribution in [3.05, 3.63) is 22.2 Å². The van der Waals surface area contributed by atoms with Crippen LogP contribution in [0.2, 0.25) is 0 Å². The lowest BCUT2D eigenvalue weighted by Crippen LogP contribution is -2.51. The maximum atomic E-state index is 11.0. The van der Waals surface area contributed by atoms with Gasteiger partial charge in [0.15, 0.2) is 11.5 Å². The van der Waals surface area contributed by atoms with Crippen molar-refractivity contribution in [2.75, 3.05) is 27.2 Å². The normalized spacial score (nSPS) is 17.1. The maximum absolute atomic E-state index is 11.0. The van der Waals surface area contributed by atoms with Crippen LogP contribution in [0.1, 0.15) is 5.56 Å². The van der Waals surface area contributed by atoms with E-state index in [4.69, 9.17) is 20.3 Å². The molecule has 1 heterocycles. The molecule has 1 aliphatic heterocycles. The zero-order valence-electron chi connectivity index (χ0n) is 12.0. The summed E-state index contributed by atoms with van der Waals surface area (Å²) in [6, 6.07) is 2.65. The minimum absolute atomic E-state index is 0.0879. The maximum Gasteiger partial charge on any atom is 0.320 e. The molecule has 0 amide bonds. The average Bonchev–Trinajstić information content (AvgIpc) is 2.38. The number of ether oxygens (including phenoxy) is 2. The Morgan fingerprint density at radius 3 is 2.76 bits per heavy atom. The third-order valence-corrected chi connectivity index (χ3v) is 3.85. The molecule has 0 radical (unpaired) electrons. The van der Waals surface area contributed by atoms with E-state index in [0.29, 0.717) is 11.5 Å². The number of likely N-dealkylation sites (tertiary alicyclic amines) is 1. The van der Waals surface area contributed by atoms with Gasteiger partial charge in [0.25, 0.3) is 0 Å². The first-order valence-corrected chi connectivity index (χ1v) is 7.40. The summed E-state index contributed by atoms with van der Waals surface area (Å²) in [6.07, 6.45) is 0.271. The second-order valence-corrected chi connectivity index (χ2v) is 6.12. The molecule has 0 bridgehead atoms. The number of carboxylic acids is 1. The van der Waals surface area contributed by atoms with E-state index < -0.39 is 12.0 Å². The number of carbonyl (C=O) groups is 1. The highest BCUT2D eigenvalue weighted by atomic mass is 79.9. The Kier molecular flexibility index (Phi) is 5.08. The molecular weight excluding hydrogens is 340 g/mol. The van der Waals surface area contributed by atoms with Gasteiger partial charge in [0.1, 0.15) is 12.1 Å². The molecule has 1 fully saturated rings. The number of rotatable bonds is 6. The predicted molar refractivity (Wildman–Crippen MR) is 81.9 cm³/mol. The van der Waals surface area contributed by atoms with Gasteiger partial charge in [-0.3, -0.25) is 9.69 Å². The van der Waals surface area contributed by atoms with Crippen LogP contribution in [0.5, 0.6) is 11.5 Å². The van der Waals surface area contributed by atoms with E-state index in [2.05, 4.69) is 20.8 Å². The monoisotopic (exact) mass is 358 g/mol. The van der Waals surface area contributed by atoms with E-state index in [1.54, 1.807) is 13.2 Å². The molecule has 0 saturated carbocycles. The number of nitrogens with two attached hydrogens (primary N) is 1. The zero-order chi connectivity index (χ0) is 15.6. The topological polar surface area (TPSA) is 85.0 Å². The Morgan fingerprint density at radius 1 is 1.57 bits per heavy atom. The van der Waals surface area contributed by atoms with Crippen molar-refractivity contribution in [3.63, 3.8) is 0 Å². The SMILES string of the molecule is COc1cc(Br)cc(CC(N)C(=O)O)c1OC1CN(C)C1. The molecule has 7 heteroatoms. The smallest absolute Gasteiger partial charge is 0.320 e. The van der Waals surface area contributed by atoms with Gasteiger partial charge in [0, 0.05) is 29.5 Å². The van der Waals surface area contributed by atoms with Crippen molar-refractivity contribution >= 4 is 21.9 Å². The number of likely N-dealkylation sites (N-methyl/N-ethyl adjacent to an activating group) is 1. The Bertz CT molecular complexity index is 532.